The highest BCUT2D eigenvalue weighted by molar-refractivity contribution is 8.26. The van der Waals surface area contributed by atoms with Gasteiger partial charge in [0, 0.05) is 23.9 Å². The molecule has 0 saturated carbocycles. The van der Waals surface area contributed by atoms with Gasteiger partial charge in [-0.2, -0.15) is 5.10 Å². The fraction of sp³-hybridized carbons (Fsp3) is 0.208. The number of halogens is 1. The third-order valence-electron chi connectivity index (χ3n) is 4.91. The molecule has 2 aromatic carbocycles. The molecular weight excluding hydrogens is 445 g/mol. The van der Waals surface area contributed by atoms with E-state index in [9.17, 15) is 9.18 Å². The van der Waals surface area contributed by atoms with Gasteiger partial charge in [0.1, 0.15) is 10.0 Å². The zero-order valence-electron chi connectivity index (χ0n) is 17.7. The van der Waals surface area contributed by atoms with Crippen molar-refractivity contribution in [2.45, 2.75) is 20.3 Å². The molecule has 1 aromatic heterocycles. The normalized spacial score (nSPS) is 15.1. The predicted octanol–water partition coefficient (Wildman–Crippen LogP) is 5.69. The maximum atomic E-state index is 14.7. The molecule has 0 N–H and O–H groups in total. The van der Waals surface area contributed by atoms with Crippen LogP contribution in [-0.2, 0) is 4.79 Å². The lowest BCUT2D eigenvalue weighted by molar-refractivity contribution is -0.121. The van der Waals surface area contributed by atoms with Gasteiger partial charge in [0.15, 0.2) is 11.6 Å². The molecule has 8 heteroatoms. The Morgan fingerprint density at radius 3 is 2.62 bits per heavy atom. The SMILES string of the molecule is CCCOc1ccc(-c2nn(-c3ccccc3)cc2C=C2SC(=S)N(CC)C2=O)cc1F. The van der Waals surface area contributed by atoms with Crippen LogP contribution in [0.25, 0.3) is 23.0 Å². The quantitative estimate of drug-likeness (QED) is 0.330. The van der Waals surface area contributed by atoms with Gasteiger partial charge in [0.2, 0.25) is 0 Å². The molecule has 2 heterocycles. The van der Waals surface area contributed by atoms with Crippen LogP contribution >= 0.6 is 24.0 Å². The van der Waals surface area contributed by atoms with Crippen molar-refractivity contribution in [2.75, 3.05) is 13.2 Å². The zero-order chi connectivity index (χ0) is 22.7. The molecule has 0 atom stereocenters. The number of thiocarbonyl (C=S) groups is 1. The van der Waals surface area contributed by atoms with Gasteiger partial charge >= 0.3 is 0 Å². The number of benzene rings is 2. The second-order valence-corrected chi connectivity index (χ2v) is 8.81. The first-order chi connectivity index (χ1) is 15.5. The van der Waals surface area contributed by atoms with Crippen molar-refractivity contribution in [3.63, 3.8) is 0 Å². The summed E-state index contributed by atoms with van der Waals surface area (Å²) in [6.07, 6.45) is 4.40. The Kier molecular flexibility index (Phi) is 6.72. The predicted molar refractivity (Wildman–Crippen MR) is 130 cm³/mol. The smallest absolute Gasteiger partial charge is 0.266 e. The first kappa shape index (κ1) is 22.2. The molecule has 1 saturated heterocycles. The van der Waals surface area contributed by atoms with Crippen molar-refractivity contribution in [1.29, 1.82) is 0 Å². The number of aromatic nitrogens is 2. The second-order valence-electron chi connectivity index (χ2n) is 7.13. The average Bonchev–Trinajstić information content (AvgIpc) is 3.34. The molecule has 0 radical (unpaired) electrons. The Bertz CT molecular complexity index is 1190. The summed E-state index contributed by atoms with van der Waals surface area (Å²) in [4.78, 5) is 14.8. The maximum Gasteiger partial charge on any atom is 0.266 e. The summed E-state index contributed by atoms with van der Waals surface area (Å²) in [7, 11) is 0. The monoisotopic (exact) mass is 467 g/mol. The topological polar surface area (TPSA) is 47.4 Å². The highest BCUT2D eigenvalue weighted by atomic mass is 32.2. The Morgan fingerprint density at radius 1 is 1.19 bits per heavy atom. The van der Waals surface area contributed by atoms with Crippen LogP contribution in [0.5, 0.6) is 5.75 Å². The number of likely N-dealkylation sites (N-methyl/N-ethyl adjacent to an activating group) is 1. The fourth-order valence-electron chi connectivity index (χ4n) is 3.32. The van der Waals surface area contributed by atoms with Gasteiger partial charge < -0.3 is 4.74 Å². The van der Waals surface area contributed by atoms with Gasteiger partial charge in [-0.05, 0) is 49.8 Å². The number of amides is 1. The number of para-hydroxylation sites is 1. The van der Waals surface area contributed by atoms with Crippen molar-refractivity contribution in [1.82, 2.24) is 14.7 Å². The van der Waals surface area contributed by atoms with Gasteiger partial charge in [-0.15, -0.1) is 0 Å². The molecule has 5 nitrogen and oxygen atoms in total. The molecule has 0 unspecified atom stereocenters. The Hall–Kier alpha value is -2.97. The summed E-state index contributed by atoms with van der Waals surface area (Å²) in [5.41, 5.74) is 2.72. The molecule has 3 aromatic rings. The Morgan fingerprint density at radius 2 is 1.97 bits per heavy atom. The fourth-order valence-corrected chi connectivity index (χ4v) is 4.70. The molecule has 1 aliphatic rings. The minimum atomic E-state index is -0.450. The molecule has 0 aliphatic carbocycles. The van der Waals surface area contributed by atoms with E-state index in [1.165, 1.54) is 17.8 Å². The van der Waals surface area contributed by atoms with E-state index in [4.69, 9.17) is 22.1 Å². The largest absolute Gasteiger partial charge is 0.491 e. The molecule has 164 valence electrons. The van der Waals surface area contributed by atoms with Crippen LogP contribution in [0.2, 0.25) is 0 Å². The highest BCUT2D eigenvalue weighted by Crippen LogP contribution is 2.35. The molecule has 32 heavy (non-hydrogen) atoms. The van der Waals surface area contributed by atoms with Gasteiger partial charge in [0.05, 0.1) is 17.2 Å². The maximum absolute atomic E-state index is 14.7. The number of nitrogens with zero attached hydrogens (tertiary/aromatic N) is 3. The van der Waals surface area contributed by atoms with E-state index in [-0.39, 0.29) is 11.7 Å². The third kappa shape index (κ3) is 4.47. The first-order valence-corrected chi connectivity index (χ1v) is 11.6. The standard InChI is InChI=1S/C24H22FN3O2S2/c1-3-12-30-20-11-10-16(13-19(20)25)22-17(14-21-23(29)27(4-2)24(31)32-21)15-28(26-22)18-8-6-5-7-9-18/h5-11,13-15H,3-4,12H2,1-2H3. The summed E-state index contributed by atoms with van der Waals surface area (Å²) in [5, 5.41) is 4.71. The average molecular weight is 468 g/mol. The minimum absolute atomic E-state index is 0.129. The van der Waals surface area contributed by atoms with Crippen molar-refractivity contribution in [2.24, 2.45) is 0 Å². The van der Waals surface area contributed by atoms with Crippen LogP contribution < -0.4 is 4.74 Å². The van der Waals surface area contributed by atoms with E-state index in [0.29, 0.717) is 39.2 Å². The second kappa shape index (κ2) is 9.67. The number of hydrogen-bond donors (Lipinski definition) is 0. The van der Waals surface area contributed by atoms with Gasteiger partial charge in [-0.3, -0.25) is 9.69 Å². The van der Waals surface area contributed by atoms with Crippen molar-refractivity contribution >= 4 is 40.3 Å². The van der Waals surface area contributed by atoms with E-state index < -0.39 is 5.82 Å². The molecule has 0 spiro atoms. The summed E-state index contributed by atoms with van der Waals surface area (Å²) >= 11 is 6.59. The van der Waals surface area contributed by atoms with E-state index in [0.717, 1.165) is 12.1 Å². The molecule has 1 fully saturated rings. The lowest BCUT2D eigenvalue weighted by atomic mass is 10.1. The summed E-state index contributed by atoms with van der Waals surface area (Å²) in [6.45, 7) is 4.82. The van der Waals surface area contributed by atoms with Crippen molar-refractivity contribution < 1.29 is 13.9 Å². The number of thioether (sulfide) groups is 1. The first-order valence-electron chi connectivity index (χ1n) is 10.3. The van der Waals surface area contributed by atoms with Crippen LogP contribution in [-0.4, -0.2) is 38.1 Å². The summed E-state index contributed by atoms with van der Waals surface area (Å²) < 4.78 is 22.4. The van der Waals surface area contributed by atoms with Crippen LogP contribution in [0.4, 0.5) is 4.39 Å². The van der Waals surface area contributed by atoms with Crippen LogP contribution in [0.3, 0.4) is 0 Å². The summed E-state index contributed by atoms with van der Waals surface area (Å²) in [5.74, 6) is -0.368. The molecule has 4 rings (SSSR count). The zero-order valence-corrected chi connectivity index (χ0v) is 19.4. The highest BCUT2D eigenvalue weighted by Gasteiger charge is 2.31. The van der Waals surface area contributed by atoms with E-state index >= 15 is 0 Å². The Labute approximate surface area is 195 Å². The van der Waals surface area contributed by atoms with Gasteiger partial charge in [-0.25, -0.2) is 9.07 Å². The van der Waals surface area contributed by atoms with Crippen molar-refractivity contribution in [3.8, 4) is 22.7 Å². The lowest BCUT2D eigenvalue weighted by Crippen LogP contribution is -2.27. The third-order valence-corrected chi connectivity index (χ3v) is 6.28. The molecule has 1 amide bonds. The lowest BCUT2D eigenvalue weighted by Gasteiger charge is -2.09. The minimum Gasteiger partial charge on any atom is -0.491 e. The van der Waals surface area contributed by atoms with Crippen LogP contribution in [0, 0.1) is 5.82 Å². The number of carbonyl (C=O) groups is 1. The number of rotatable bonds is 7. The van der Waals surface area contributed by atoms with Crippen molar-refractivity contribution in [3.05, 3.63) is 71.0 Å². The number of carbonyl (C=O) groups excluding carboxylic acids is 1. The molecule has 1 aliphatic heterocycles. The van der Waals surface area contributed by atoms with E-state index in [1.807, 2.05) is 50.4 Å². The van der Waals surface area contributed by atoms with Crippen LogP contribution in [0.1, 0.15) is 25.8 Å². The van der Waals surface area contributed by atoms with Gasteiger partial charge in [-0.1, -0.05) is 49.1 Å². The molecular formula is C24H22FN3O2S2. The van der Waals surface area contributed by atoms with Gasteiger partial charge in [0.25, 0.3) is 5.91 Å². The van der Waals surface area contributed by atoms with E-state index in [1.54, 1.807) is 27.8 Å². The number of ether oxygens (including phenoxy) is 1. The van der Waals surface area contributed by atoms with Crippen LogP contribution in [0.15, 0.2) is 59.6 Å². The van der Waals surface area contributed by atoms with E-state index in [2.05, 4.69) is 0 Å². The number of hydrogen-bond acceptors (Lipinski definition) is 5. The molecule has 0 bridgehead atoms. The Balaban J connectivity index is 1.79. The summed E-state index contributed by atoms with van der Waals surface area (Å²) in [6, 6.07) is 14.4.